The van der Waals surface area contributed by atoms with E-state index >= 15 is 4.39 Å². The van der Waals surface area contributed by atoms with Crippen LogP contribution in [0.15, 0.2) is 18.0 Å². The van der Waals surface area contributed by atoms with E-state index in [4.69, 9.17) is 0 Å². The number of carbonyl (C=O) groups is 1. The maximum absolute atomic E-state index is 16.6. The van der Waals surface area contributed by atoms with E-state index in [1.807, 2.05) is 6.92 Å². The molecule has 1 aromatic rings. The lowest BCUT2D eigenvalue weighted by Gasteiger charge is -2.59. The van der Waals surface area contributed by atoms with Crippen molar-refractivity contribution in [3.63, 3.8) is 0 Å². The number of nitrogens with zero attached hydrogens (tertiary/aromatic N) is 3. The number of rotatable bonds is 4. The molecule has 4 saturated carbocycles. The lowest BCUT2D eigenvalue weighted by Crippen LogP contribution is -2.58. The number of halogens is 1. The second-order valence-corrected chi connectivity index (χ2v) is 12.7. The van der Waals surface area contributed by atoms with E-state index in [1.165, 1.54) is 4.90 Å². The molecule has 1 aromatic heterocycles. The summed E-state index contributed by atoms with van der Waals surface area (Å²) in [6.07, 6.45) is 10.5. The number of alkyl halides is 1. The van der Waals surface area contributed by atoms with Gasteiger partial charge in [0.1, 0.15) is 11.6 Å². The molecule has 192 valence electrons. The van der Waals surface area contributed by atoms with Crippen LogP contribution in [0.5, 0.6) is 0 Å². The van der Waals surface area contributed by atoms with Crippen molar-refractivity contribution < 1.29 is 19.1 Å². The predicted octanol–water partition coefficient (Wildman–Crippen LogP) is 4.45. The van der Waals surface area contributed by atoms with E-state index in [1.54, 1.807) is 31.2 Å². The average Bonchev–Trinajstić information content (AvgIpc) is 3.41. The van der Waals surface area contributed by atoms with Crippen LogP contribution in [-0.2, 0) is 11.3 Å². The van der Waals surface area contributed by atoms with E-state index in [9.17, 15) is 14.7 Å². The fourth-order valence-corrected chi connectivity index (χ4v) is 8.76. The molecule has 0 aromatic carbocycles. The van der Waals surface area contributed by atoms with Crippen LogP contribution in [0.2, 0.25) is 0 Å². The third-order valence-corrected chi connectivity index (χ3v) is 10.5. The lowest BCUT2D eigenvalue weighted by molar-refractivity contribution is -0.163. The average molecular weight is 486 g/mol. The Balaban J connectivity index is 1.34. The Bertz CT molecular complexity index is 1040. The maximum Gasteiger partial charge on any atom is 0.256 e. The van der Waals surface area contributed by atoms with E-state index in [-0.39, 0.29) is 29.1 Å². The van der Waals surface area contributed by atoms with Crippen molar-refractivity contribution in [3.05, 3.63) is 23.5 Å². The molecule has 4 aliphatic rings. The van der Waals surface area contributed by atoms with E-state index in [0.29, 0.717) is 43.2 Å². The summed E-state index contributed by atoms with van der Waals surface area (Å²) in [5.41, 5.74) is -0.696. The van der Waals surface area contributed by atoms with Crippen molar-refractivity contribution in [2.24, 2.45) is 35.0 Å². The number of fused-ring (bicyclic) bond motifs is 5. The third-order valence-electron chi connectivity index (χ3n) is 10.5. The molecule has 35 heavy (non-hydrogen) atoms. The van der Waals surface area contributed by atoms with Gasteiger partial charge in [-0.05, 0) is 99.7 Å². The third kappa shape index (κ3) is 3.99. The van der Waals surface area contributed by atoms with Gasteiger partial charge in [0, 0.05) is 25.9 Å². The van der Waals surface area contributed by atoms with Gasteiger partial charge in [-0.2, -0.15) is 5.10 Å². The standard InChI is InChI=1S/C28H40FN3O3/c1-26(35)11-12-28(29)20(13-26)5-6-21-23-8-7-22(27(23,2)10-9-24(21)28)19(17-33)16-32-15-18(14-30-32)25(34)31(3)4/h14-15,20-24,35H,5-13,16H2,1-4H3/t20-,21+,22-,23+,24+,26-,27-,28-/m1/s1. The Kier molecular flexibility index (Phi) is 6.04. The first-order valence-electron chi connectivity index (χ1n) is 13.4. The molecule has 4 aliphatic carbocycles. The highest BCUT2D eigenvalue weighted by molar-refractivity contribution is 5.93. The summed E-state index contributed by atoms with van der Waals surface area (Å²) in [5, 5.41) is 14.9. The highest BCUT2D eigenvalue weighted by Gasteiger charge is 2.63. The van der Waals surface area contributed by atoms with Gasteiger partial charge in [-0.15, -0.1) is 0 Å². The summed E-state index contributed by atoms with van der Waals surface area (Å²) in [7, 11) is 3.41. The van der Waals surface area contributed by atoms with Gasteiger partial charge in [-0.25, -0.2) is 9.18 Å². The molecule has 0 spiro atoms. The quantitative estimate of drug-likeness (QED) is 0.639. The molecule has 6 nitrogen and oxygen atoms in total. The largest absolute Gasteiger partial charge is 0.390 e. The predicted molar refractivity (Wildman–Crippen MR) is 131 cm³/mol. The van der Waals surface area contributed by atoms with Gasteiger partial charge in [-0.1, -0.05) is 6.92 Å². The second kappa shape index (κ2) is 8.55. The number of allylic oxidation sites excluding steroid dienone is 1. The summed E-state index contributed by atoms with van der Waals surface area (Å²) in [6.45, 7) is 4.52. The summed E-state index contributed by atoms with van der Waals surface area (Å²) in [4.78, 5) is 25.9. The number of amides is 1. The molecular formula is C28H40FN3O3. The van der Waals surface area contributed by atoms with Crippen molar-refractivity contribution in [2.75, 3.05) is 14.1 Å². The van der Waals surface area contributed by atoms with Crippen LogP contribution in [0, 0.1) is 35.0 Å². The van der Waals surface area contributed by atoms with E-state index in [2.05, 4.69) is 18.0 Å². The van der Waals surface area contributed by atoms with Crippen LogP contribution in [-0.4, -0.2) is 57.0 Å². The Hall–Kier alpha value is -1.98. The molecule has 5 rings (SSSR count). The molecule has 1 N–H and O–H groups in total. The maximum atomic E-state index is 16.6. The second-order valence-electron chi connectivity index (χ2n) is 12.7. The Morgan fingerprint density at radius 3 is 2.66 bits per heavy atom. The van der Waals surface area contributed by atoms with Gasteiger partial charge < -0.3 is 10.0 Å². The summed E-state index contributed by atoms with van der Waals surface area (Å²) >= 11 is 0. The first-order chi connectivity index (χ1) is 16.5. The first kappa shape index (κ1) is 24.7. The summed E-state index contributed by atoms with van der Waals surface area (Å²) in [5.74, 6) is 3.06. The van der Waals surface area contributed by atoms with Crippen LogP contribution in [0.25, 0.3) is 0 Å². The molecular weight excluding hydrogens is 445 g/mol. The van der Waals surface area contributed by atoms with Crippen LogP contribution in [0.1, 0.15) is 82.0 Å². The molecule has 0 aliphatic heterocycles. The van der Waals surface area contributed by atoms with Crippen LogP contribution < -0.4 is 0 Å². The van der Waals surface area contributed by atoms with Crippen LogP contribution in [0.4, 0.5) is 4.39 Å². The number of aromatic nitrogens is 2. The highest BCUT2D eigenvalue weighted by Crippen LogP contribution is 2.67. The van der Waals surface area contributed by atoms with Crippen molar-refractivity contribution in [2.45, 2.75) is 89.4 Å². The minimum Gasteiger partial charge on any atom is -0.390 e. The Morgan fingerprint density at radius 2 is 1.94 bits per heavy atom. The minimum absolute atomic E-state index is 0.0293. The topological polar surface area (TPSA) is 75.4 Å². The summed E-state index contributed by atoms with van der Waals surface area (Å²) in [6, 6.07) is 0. The molecule has 0 radical (unpaired) electrons. The number of hydrogen-bond acceptors (Lipinski definition) is 4. The molecule has 0 unspecified atom stereocenters. The molecule has 0 saturated heterocycles. The molecule has 1 heterocycles. The van der Waals surface area contributed by atoms with Gasteiger partial charge in [0.25, 0.3) is 5.91 Å². The fourth-order valence-electron chi connectivity index (χ4n) is 8.76. The van der Waals surface area contributed by atoms with E-state index < -0.39 is 11.3 Å². The smallest absolute Gasteiger partial charge is 0.256 e. The lowest BCUT2D eigenvalue weighted by atomic mass is 9.47. The zero-order valence-corrected chi connectivity index (χ0v) is 21.6. The fraction of sp³-hybridized carbons (Fsp3) is 0.786. The number of hydrogen-bond donors (Lipinski definition) is 1. The SMILES string of the molecule is CN(C)C(=O)c1cnn(CC(=C=O)[C@H]2CC[C@H]3[C@@H]4CC[C@@H]5C[C@](C)(O)CC[C@]5(F)[C@H]4CC[C@]23C)c1. The van der Waals surface area contributed by atoms with Crippen LogP contribution >= 0.6 is 0 Å². The van der Waals surface area contributed by atoms with Crippen molar-refractivity contribution in [1.82, 2.24) is 14.7 Å². The normalized spacial score (nSPS) is 42.4. The first-order valence-corrected chi connectivity index (χ1v) is 13.4. The molecule has 0 bridgehead atoms. The number of aliphatic hydroxyl groups is 1. The summed E-state index contributed by atoms with van der Waals surface area (Å²) < 4.78 is 18.3. The van der Waals surface area contributed by atoms with Gasteiger partial charge in [0.15, 0.2) is 0 Å². The Morgan fingerprint density at radius 1 is 1.17 bits per heavy atom. The highest BCUT2D eigenvalue weighted by atomic mass is 19.1. The van der Waals surface area contributed by atoms with Crippen molar-refractivity contribution in [1.29, 1.82) is 0 Å². The van der Waals surface area contributed by atoms with E-state index in [0.717, 1.165) is 44.1 Å². The van der Waals surface area contributed by atoms with Crippen molar-refractivity contribution in [3.8, 4) is 0 Å². The van der Waals surface area contributed by atoms with Gasteiger partial charge in [0.2, 0.25) is 0 Å². The minimum atomic E-state index is -1.15. The monoisotopic (exact) mass is 485 g/mol. The van der Waals surface area contributed by atoms with Gasteiger partial charge in [0.05, 0.1) is 23.9 Å². The van der Waals surface area contributed by atoms with Gasteiger partial charge >= 0.3 is 0 Å². The molecule has 7 heteroatoms. The zero-order valence-electron chi connectivity index (χ0n) is 21.6. The molecule has 4 fully saturated rings. The molecule has 8 atom stereocenters. The molecule has 1 amide bonds. The zero-order chi connectivity index (χ0) is 25.2. The van der Waals surface area contributed by atoms with Crippen LogP contribution in [0.3, 0.4) is 0 Å². The Labute approximate surface area is 207 Å². The van der Waals surface area contributed by atoms with Crippen molar-refractivity contribution >= 4 is 11.8 Å². The van der Waals surface area contributed by atoms with Gasteiger partial charge in [-0.3, -0.25) is 9.48 Å². The number of carbonyl (C=O) groups excluding carboxylic acids is 2.